The fraction of sp³-hybridized carbons (Fsp3) is 0.462. The fourth-order valence-corrected chi connectivity index (χ4v) is 2.23. The summed E-state index contributed by atoms with van der Waals surface area (Å²) < 4.78 is 0. The highest BCUT2D eigenvalue weighted by atomic mass is 15.2. The summed E-state index contributed by atoms with van der Waals surface area (Å²) in [6, 6.07) is 8.44. The molecular weight excluding hydrogens is 198 g/mol. The summed E-state index contributed by atoms with van der Waals surface area (Å²) in [7, 11) is 0. The molecule has 1 aromatic carbocycles. The summed E-state index contributed by atoms with van der Waals surface area (Å²) in [4.78, 5) is 2.24. The van der Waals surface area contributed by atoms with Crippen molar-refractivity contribution in [2.75, 3.05) is 18.0 Å². The smallest absolute Gasteiger partial charge is 0.101 e. The number of nitriles is 1. The topological polar surface area (TPSA) is 53.0 Å². The van der Waals surface area contributed by atoms with Gasteiger partial charge in [-0.2, -0.15) is 5.26 Å². The van der Waals surface area contributed by atoms with E-state index in [0.717, 1.165) is 37.2 Å². The van der Waals surface area contributed by atoms with E-state index in [1.54, 1.807) is 0 Å². The molecule has 1 aliphatic rings. The Morgan fingerprint density at radius 3 is 3.00 bits per heavy atom. The van der Waals surface area contributed by atoms with Crippen LogP contribution in [0, 0.1) is 18.3 Å². The molecule has 1 aliphatic heterocycles. The lowest BCUT2D eigenvalue weighted by Crippen LogP contribution is -2.43. The zero-order valence-electron chi connectivity index (χ0n) is 9.61. The molecule has 0 amide bonds. The molecule has 3 nitrogen and oxygen atoms in total. The zero-order chi connectivity index (χ0) is 11.5. The molecule has 1 aromatic rings. The Labute approximate surface area is 96.5 Å². The number of rotatable bonds is 1. The van der Waals surface area contributed by atoms with Gasteiger partial charge in [0.05, 0.1) is 11.3 Å². The molecule has 1 saturated heterocycles. The van der Waals surface area contributed by atoms with Crippen LogP contribution >= 0.6 is 0 Å². The number of nitrogens with zero attached hydrogens (tertiary/aromatic N) is 2. The molecule has 1 atom stereocenters. The van der Waals surface area contributed by atoms with Crippen molar-refractivity contribution in [1.82, 2.24) is 0 Å². The quantitative estimate of drug-likeness (QED) is 0.777. The van der Waals surface area contributed by atoms with E-state index in [-0.39, 0.29) is 6.04 Å². The van der Waals surface area contributed by atoms with E-state index in [2.05, 4.69) is 24.0 Å². The van der Waals surface area contributed by atoms with E-state index in [9.17, 15) is 0 Å². The number of hydrogen-bond donors (Lipinski definition) is 1. The van der Waals surface area contributed by atoms with Gasteiger partial charge in [-0.15, -0.1) is 0 Å². The second kappa shape index (κ2) is 4.54. The zero-order valence-corrected chi connectivity index (χ0v) is 9.61. The maximum atomic E-state index is 9.10. The average Bonchev–Trinajstić information content (AvgIpc) is 2.29. The van der Waals surface area contributed by atoms with E-state index in [4.69, 9.17) is 11.0 Å². The van der Waals surface area contributed by atoms with Crippen LogP contribution in [0.4, 0.5) is 5.69 Å². The second-order valence-corrected chi connectivity index (χ2v) is 4.48. The highest BCUT2D eigenvalue weighted by Gasteiger charge is 2.19. The maximum Gasteiger partial charge on any atom is 0.101 e. The minimum absolute atomic E-state index is 0.237. The van der Waals surface area contributed by atoms with E-state index in [0.29, 0.717) is 0 Å². The largest absolute Gasteiger partial charge is 0.369 e. The third kappa shape index (κ3) is 2.17. The summed E-state index contributed by atoms with van der Waals surface area (Å²) in [5.41, 5.74) is 8.94. The Bertz CT molecular complexity index is 420. The molecule has 0 unspecified atom stereocenters. The maximum absolute atomic E-state index is 9.10. The molecule has 2 rings (SSSR count). The van der Waals surface area contributed by atoms with Gasteiger partial charge in [0, 0.05) is 19.1 Å². The number of aryl methyl sites for hydroxylation is 1. The minimum Gasteiger partial charge on any atom is -0.369 e. The van der Waals surface area contributed by atoms with Gasteiger partial charge in [0.25, 0.3) is 0 Å². The van der Waals surface area contributed by atoms with Crippen molar-refractivity contribution in [2.24, 2.45) is 5.73 Å². The Kier molecular flexibility index (Phi) is 3.12. The summed E-state index contributed by atoms with van der Waals surface area (Å²) in [5.74, 6) is 0. The standard InChI is InChI=1S/C13H17N3/c1-10-4-5-11(8-14)13(7-10)16-6-2-3-12(15)9-16/h4-5,7,12H,2-3,6,9,15H2,1H3/t12-/m1/s1. The van der Waals surface area contributed by atoms with E-state index in [1.807, 2.05) is 12.1 Å². The third-order valence-corrected chi connectivity index (χ3v) is 3.07. The van der Waals surface area contributed by atoms with Gasteiger partial charge in [-0.05, 0) is 37.5 Å². The Balaban J connectivity index is 2.31. The SMILES string of the molecule is Cc1ccc(C#N)c(N2CCC[C@@H](N)C2)c1. The highest BCUT2D eigenvalue weighted by molar-refractivity contribution is 5.61. The first-order chi connectivity index (χ1) is 7.70. The van der Waals surface area contributed by atoms with Crippen molar-refractivity contribution >= 4 is 5.69 Å². The van der Waals surface area contributed by atoms with Gasteiger partial charge in [0.1, 0.15) is 6.07 Å². The van der Waals surface area contributed by atoms with Crippen molar-refractivity contribution in [3.8, 4) is 6.07 Å². The number of piperidine rings is 1. The predicted molar refractivity (Wildman–Crippen MR) is 65.3 cm³/mol. The summed E-state index contributed by atoms with van der Waals surface area (Å²) in [5, 5.41) is 9.10. The number of nitrogens with two attached hydrogens (primary N) is 1. The molecule has 84 valence electrons. The summed E-state index contributed by atoms with van der Waals surface area (Å²) >= 11 is 0. The molecule has 0 aliphatic carbocycles. The van der Waals surface area contributed by atoms with Crippen LogP contribution in [0.5, 0.6) is 0 Å². The van der Waals surface area contributed by atoms with Crippen molar-refractivity contribution < 1.29 is 0 Å². The summed E-state index contributed by atoms with van der Waals surface area (Å²) in [6.45, 7) is 3.92. The normalized spacial score (nSPS) is 20.6. The lowest BCUT2D eigenvalue weighted by atomic mass is 10.0. The molecule has 2 N–H and O–H groups in total. The number of hydrogen-bond acceptors (Lipinski definition) is 3. The number of anilines is 1. The fourth-order valence-electron chi connectivity index (χ4n) is 2.23. The monoisotopic (exact) mass is 215 g/mol. The van der Waals surface area contributed by atoms with Gasteiger partial charge in [-0.1, -0.05) is 6.07 Å². The van der Waals surface area contributed by atoms with Gasteiger partial charge < -0.3 is 10.6 Å². The van der Waals surface area contributed by atoms with Crippen LogP contribution in [0.1, 0.15) is 24.0 Å². The second-order valence-electron chi connectivity index (χ2n) is 4.48. The molecule has 0 saturated carbocycles. The van der Waals surface area contributed by atoms with Crippen LogP contribution in [0.15, 0.2) is 18.2 Å². The summed E-state index contributed by atoms with van der Waals surface area (Å²) in [6.07, 6.45) is 2.20. The average molecular weight is 215 g/mol. The Morgan fingerprint density at radius 2 is 2.31 bits per heavy atom. The van der Waals surface area contributed by atoms with Crippen molar-refractivity contribution in [1.29, 1.82) is 5.26 Å². The first-order valence-electron chi connectivity index (χ1n) is 5.72. The van der Waals surface area contributed by atoms with E-state index in [1.165, 1.54) is 5.56 Å². The molecule has 3 heteroatoms. The van der Waals surface area contributed by atoms with Crippen LogP contribution in [-0.4, -0.2) is 19.1 Å². The lowest BCUT2D eigenvalue weighted by molar-refractivity contribution is 0.506. The molecule has 0 spiro atoms. The van der Waals surface area contributed by atoms with Crippen molar-refractivity contribution in [2.45, 2.75) is 25.8 Å². The molecule has 16 heavy (non-hydrogen) atoms. The minimum atomic E-state index is 0.237. The van der Waals surface area contributed by atoms with Gasteiger partial charge in [0.15, 0.2) is 0 Å². The first kappa shape index (κ1) is 11.0. The molecule has 1 fully saturated rings. The Morgan fingerprint density at radius 1 is 1.50 bits per heavy atom. The van der Waals surface area contributed by atoms with Crippen LogP contribution in [-0.2, 0) is 0 Å². The molecule has 0 radical (unpaired) electrons. The Hall–Kier alpha value is -1.53. The molecular formula is C13H17N3. The highest BCUT2D eigenvalue weighted by Crippen LogP contribution is 2.24. The van der Waals surface area contributed by atoms with Crippen molar-refractivity contribution in [3.05, 3.63) is 29.3 Å². The van der Waals surface area contributed by atoms with Crippen LogP contribution in [0.3, 0.4) is 0 Å². The van der Waals surface area contributed by atoms with Crippen LogP contribution in [0.2, 0.25) is 0 Å². The third-order valence-electron chi connectivity index (χ3n) is 3.07. The molecule has 1 heterocycles. The van der Waals surface area contributed by atoms with Gasteiger partial charge in [-0.3, -0.25) is 0 Å². The van der Waals surface area contributed by atoms with E-state index < -0.39 is 0 Å². The van der Waals surface area contributed by atoms with Gasteiger partial charge in [0.2, 0.25) is 0 Å². The first-order valence-corrected chi connectivity index (χ1v) is 5.72. The van der Waals surface area contributed by atoms with Crippen molar-refractivity contribution in [3.63, 3.8) is 0 Å². The number of benzene rings is 1. The predicted octanol–water partition coefficient (Wildman–Crippen LogP) is 1.79. The van der Waals surface area contributed by atoms with E-state index >= 15 is 0 Å². The molecule has 0 bridgehead atoms. The van der Waals surface area contributed by atoms with Gasteiger partial charge >= 0.3 is 0 Å². The van der Waals surface area contributed by atoms with Crippen LogP contribution in [0.25, 0.3) is 0 Å². The lowest BCUT2D eigenvalue weighted by Gasteiger charge is -2.33. The van der Waals surface area contributed by atoms with Crippen LogP contribution < -0.4 is 10.6 Å². The van der Waals surface area contributed by atoms with Gasteiger partial charge in [-0.25, -0.2) is 0 Å². The molecule has 0 aromatic heterocycles.